The van der Waals surface area contributed by atoms with Gasteiger partial charge in [0, 0.05) is 11.3 Å². The van der Waals surface area contributed by atoms with Crippen LogP contribution < -0.4 is 5.32 Å². The minimum atomic E-state index is -0.267. The molecule has 5 heteroatoms. The Kier molecular flexibility index (Phi) is 3.97. The molecular formula is C14H16N2O3. The van der Waals surface area contributed by atoms with Crippen LogP contribution in [0.4, 0.5) is 5.69 Å². The Labute approximate surface area is 111 Å². The van der Waals surface area contributed by atoms with E-state index in [0.717, 1.165) is 0 Å². The highest BCUT2D eigenvalue weighted by molar-refractivity contribution is 6.06. The van der Waals surface area contributed by atoms with Gasteiger partial charge in [-0.05, 0) is 19.4 Å². The molecule has 1 heterocycles. The van der Waals surface area contributed by atoms with Crippen LogP contribution in [-0.4, -0.2) is 16.2 Å². The minimum absolute atomic E-state index is 0.125. The largest absolute Gasteiger partial charge is 0.392 e. The Morgan fingerprint density at radius 3 is 2.84 bits per heavy atom. The maximum absolute atomic E-state index is 12.3. The lowest BCUT2D eigenvalue weighted by atomic mass is 10.1. The van der Waals surface area contributed by atoms with E-state index >= 15 is 0 Å². The molecule has 5 nitrogen and oxygen atoms in total. The van der Waals surface area contributed by atoms with Gasteiger partial charge in [-0.1, -0.05) is 30.3 Å². The van der Waals surface area contributed by atoms with Crippen molar-refractivity contribution < 1.29 is 14.4 Å². The lowest BCUT2D eigenvalue weighted by Crippen LogP contribution is -2.15. The van der Waals surface area contributed by atoms with Gasteiger partial charge in [0.25, 0.3) is 5.91 Å². The molecule has 100 valence electrons. The van der Waals surface area contributed by atoms with Gasteiger partial charge in [0.05, 0.1) is 12.3 Å². The predicted molar refractivity (Wildman–Crippen MR) is 70.9 cm³/mol. The molecule has 1 aromatic carbocycles. The number of anilines is 1. The van der Waals surface area contributed by atoms with Crippen molar-refractivity contribution in [3.05, 3.63) is 46.8 Å². The summed E-state index contributed by atoms with van der Waals surface area (Å²) in [7, 11) is 0. The number of amides is 1. The molecule has 0 fully saturated rings. The molecule has 0 saturated carbocycles. The summed E-state index contributed by atoms with van der Waals surface area (Å²) in [6.07, 6.45) is 0.627. The van der Waals surface area contributed by atoms with Gasteiger partial charge >= 0.3 is 0 Å². The van der Waals surface area contributed by atoms with Crippen molar-refractivity contribution in [1.82, 2.24) is 5.16 Å². The fourth-order valence-electron chi connectivity index (χ4n) is 1.92. The molecule has 0 atom stereocenters. The van der Waals surface area contributed by atoms with E-state index in [2.05, 4.69) is 10.5 Å². The Balaban J connectivity index is 2.28. The molecule has 2 rings (SSSR count). The molecule has 2 N–H and O–H groups in total. The number of aliphatic hydroxyl groups excluding tert-OH is 1. The maximum Gasteiger partial charge on any atom is 0.261 e. The van der Waals surface area contributed by atoms with Crippen molar-refractivity contribution in [3.63, 3.8) is 0 Å². The summed E-state index contributed by atoms with van der Waals surface area (Å²) in [4.78, 5) is 12.3. The second kappa shape index (κ2) is 5.67. The third-order valence-electron chi connectivity index (χ3n) is 2.93. The molecule has 19 heavy (non-hydrogen) atoms. The number of carbonyl (C=O) groups is 1. The molecule has 0 saturated heterocycles. The monoisotopic (exact) mass is 260 g/mol. The lowest BCUT2D eigenvalue weighted by molar-refractivity contribution is 0.102. The van der Waals surface area contributed by atoms with E-state index in [1.54, 1.807) is 25.1 Å². The highest BCUT2D eigenvalue weighted by Gasteiger charge is 2.19. The highest BCUT2D eigenvalue weighted by Crippen LogP contribution is 2.19. The van der Waals surface area contributed by atoms with Crippen molar-refractivity contribution in [2.24, 2.45) is 0 Å². The van der Waals surface area contributed by atoms with E-state index < -0.39 is 0 Å². The second-order valence-corrected chi connectivity index (χ2v) is 4.18. The van der Waals surface area contributed by atoms with Crippen LogP contribution in [0.25, 0.3) is 0 Å². The van der Waals surface area contributed by atoms with Crippen molar-refractivity contribution >= 4 is 11.6 Å². The molecule has 1 amide bonds. The summed E-state index contributed by atoms with van der Waals surface area (Å²) in [5, 5.41) is 15.9. The second-order valence-electron chi connectivity index (χ2n) is 4.18. The first-order valence-electron chi connectivity index (χ1n) is 6.12. The minimum Gasteiger partial charge on any atom is -0.392 e. The molecular weight excluding hydrogens is 244 g/mol. The summed E-state index contributed by atoms with van der Waals surface area (Å²) in [6.45, 7) is 3.49. The van der Waals surface area contributed by atoms with E-state index in [1.807, 2.05) is 13.0 Å². The van der Waals surface area contributed by atoms with Crippen molar-refractivity contribution in [2.45, 2.75) is 26.9 Å². The summed E-state index contributed by atoms with van der Waals surface area (Å²) in [5.74, 6) is 0.229. The summed E-state index contributed by atoms with van der Waals surface area (Å²) >= 11 is 0. The molecule has 1 aromatic heterocycles. The quantitative estimate of drug-likeness (QED) is 0.884. The average molecular weight is 260 g/mol. The van der Waals surface area contributed by atoms with E-state index in [-0.39, 0.29) is 12.5 Å². The Morgan fingerprint density at radius 1 is 1.42 bits per heavy atom. The number of rotatable bonds is 4. The summed E-state index contributed by atoms with van der Waals surface area (Å²) < 4.78 is 5.04. The Hall–Kier alpha value is -2.14. The number of aromatic nitrogens is 1. The van der Waals surface area contributed by atoms with E-state index in [1.165, 1.54) is 0 Å². The van der Waals surface area contributed by atoms with Crippen LogP contribution in [0.5, 0.6) is 0 Å². The van der Waals surface area contributed by atoms with Crippen LogP contribution in [0.2, 0.25) is 0 Å². The third kappa shape index (κ3) is 2.66. The molecule has 0 aliphatic carbocycles. The average Bonchev–Trinajstić information content (AvgIpc) is 2.80. The number of carbonyl (C=O) groups excluding carboxylic acids is 1. The standard InChI is InChI=1S/C14H16N2O3/c1-3-11-13(9(2)19-16-11)14(18)15-12-7-5-4-6-10(12)8-17/h4-7,17H,3,8H2,1-2H3,(H,15,18). The van der Waals surface area contributed by atoms with E-state index in [9.17, 15) is 9.90 Å². The number of aliphatic hydroxyl groups is 1. The van der Waals surface area contributed by atoms with E-state index in [4.69, 9.17) is 4.52 Å². The smallest absolute Gasteiger partial charge is 0.261 e. The van der Waals surface area contributed by atoms with Gasteiger partial charge in [-0.2, -0.15) is 0 Å². The first-order valence-corrected chi connectivity index (χ1v) is 6.12. The van der Waals surface area contributed by atoms with Crippen LogP contribution in [0.3, 0.4) is 0 Å². The number of hydrogen-bond donors (Lipinski definition) is 2. The number of nitrogens with zero attached hydrogens (tertiary/aromatic N) is 1. The molecule has 0 unspecified atom stereocenters. The highest BCUT2D eigenvalue weighted by atomic mass is 16.5. The molecule has 0 aliphatic heterocycles. The van der Waals surface area contributed by atoms with Crippen LogP contribution in [0.1, 0.15) is 34.3 Å². The van der Waals surface area contributed by atoms with Crippen LogP contribution >= 0.6 is 0 Å². The van der Waals surface area contributed by atoms with Gasteiger partial charge in [0.2, 0.25) is 0 Å². The summed E-state index contributed by atoms with van der Waals surface area (Å²) in [6, 6.07) is 7.12. The summed E-state index contributed by atoms with van der Waals surface area (Å²) in [5.41, 5.74) is 2.37. The van der Waals surface area contributed by atoms with Gasteiger partial charge in [-0.15, -0.1) is 0 Å². The SMILES string of the molecule is CCc1noc(C)c1C(=O)Nc1ccccc1CO. The lowest BCUT2D eigenvalue weighted by Gasteiger charge is -2.09. The normalized spacial score (nSPS) is 10.5. The number of benzene rings is 1. The zero-order valence-electron chi connectivity index (χ0n) is 10.9. The van der Waals surface area contributed by atoms with Gasteiger partial charge in [0.15, 0.2) is 0 Å². The maximum atomic E-state index is 12.3. The van der Waals surface area contributed by atoms with Gasteiger partial charge in [0.1, 0.15) is 11.3 Å². The van der Waals surface area contributed by atoms with E-state index in [0.29, 0.717) is 34.7 Å². The molecule has 0 bridgehead atoms. The Bertz CT molecular complexity index is 590. The number of aryl methyl sites for hydroxylation is 2. The first-order chi connectivity index (χ1) is 9.17. The number of hydrogen-bond acceptors (Lipinski definition) is 4. The number of nitrogens with one attached hydrogen (secondary N) is 1. The van der Waals surface area contributed by atoms with Gasteiger partial charge in [-0.25, -0.2) is 0 Å². The predicted octanol–water partition coefficient (Wildman–Crippen LogP) is 2.29. The topological polar surface area (TPSA) is 75.4 Å². The third-order valence-corrected chi connectivity index (χ3v) is 2.93. The zero-order valence-corrected chi connectivity index (χ0v) is 10.9. The fraction of sp³-hybridized carbons (Fsp3) is 0.286. The van der Waals surface area contributed by atoms with Gasteiger partial charge < -0.3 is 14.9 Å². The zero-order chi connectivity index (χ0) is 13.8. The van der Waals surface area contributed by atoms with Crippen LogP contribution in [0.15, 0.2) is 28.8 Å². The molecule has 0 spiro atoms. The number of para-hydroxylation sites is 1. The molecule has 0 radical (unpaired) electrons. The van der Waals surface area contributed by atoms with Crippen LogP contribution in [0, 0.1) is 6.92 Å². The molecule has 2 aromatic rings. The van der Waals surface area contributed by atoms with Crippen molar-refractivity contribution in [2.75, 3.05) is 5.32 Å². The van der Waals surface area contributed by atoms with Crippen LogP contribution in [-0.2, 0) is 13.0 Å². The first kappa shape index (κ1) is 13.3. The molecule has 0 aliphatic rings. The Morgan fingerprint density at radius 2 is 2.16 bits per heavy atom. The van der Waals surface area contributed by atoms with Crippen molar-refractivity contribution in [1.29, 1.82) is 0 Å². The van der Waals surface area contributed by atoms with Crippen molar-refractivity contribution in [3.8, 4) is 0 Å². The fourth-order valence-corrected chi connectivity index (χ4v) is 1.92. The van der Waals surface area contributed by atoms with Gasteiger partial charge in [-0.3, -0.25) is 4.79 Å².